The van der Waals surface area contributed by atoms with Crippen LogP contribution in [0.15, 0.2) is 18.2 Å². The molecule has 0 bridgehead atoms. The maximum absolute atomic E-state index is 12.9. The van der Waals surface area contributed by atoms with E-state index in [0.717, 1.165) is 63.7 Å². The Hall–Kier alpha value is -2.04. The van der Waals surface area contributed by atoms with E-state index in [1.165, 1.54) is 0 Å². The minimum Gasteiger partial charge on any atom is -0.371 e. The lowest BCUT2D eigenvalue weighted by molar-refractivity contribution is -0.120. The fourth-order valence-electron chi connectivity index (χ4n) is 3.65. The van der Waals surface area contributed by atoms with E-state index in [9.17, 15) is 9.59 Å². The normalized spacial score (nSPS) is 15.9. The van der Waals surface area contributed by atoms with Crippen molar-refractivity contribution in [2.45, 2.75) is 78.7 Å². The van der Waals surface area contributed by atoms with E-state index >= 15 is 0 Å². The zero-order valence-electron chi connectivity index (χ0n) is 18.0. The second-order valence-electron chi connectivity index (χ2n) is 7.95. The number of carbonyl (C=O) groups excluding carboxylic acids is 2. The first-order chi connectivity index (χ1) is 13.5. The number of hydrogen-bond acceptors (Lipinski definition) is 3. The second kappa shape index (κ2) is 11.1. The van der Waals surface area contributed by atoms with E-state index in [1.807, 2.05) is 25.1 Å². The van der Waals surface area contributed by atoms with Crippen molar-refractivity contribution in [3.05, 3.63) is 23.8 Å². The molecule has 0 aliphatic carbocycles. The standard InChI is InChI=1S/C23H37N3O2/c1-5-8-11-18(7-3)22(27)25-19-12-13-21(26-14-9-10-15-26)20(16-19)23(28)24-17(4)6-2/h12-13,16-18H,5-11,14-15H2,1-4H3,(H,24,28)(H,25,27)/t17-,18-/m0/s1. The Balaban J connectivity index is 2.22. The van der Waals surface area contributed by atoms with Crippen molar-refractivity contribution in [3.63, 3.8) is 0 Å². The summed E-state index contributed by atoms with van der Waals surface area (Å²) in [7, 11) is 0. The van der Waals surface area contributed by atoms with Gasteiger partial charge in [0.05, 0.1) is 5.56 Å². The Morgan fingerprint density at radius 2 is 1.82 bits per heavy atom. The zero-order valence-corrected chi connectivity index (χ0v) is 18.0. The van der Waals surface area contributed by atoms with Crippen LogP contribution >= 0.6 is 0 Å². The molecule has 0 spiro atoms. The molecule has 1 fully saturated rings. The Bertz CT molecular complexity index is 653. The van der Waals surface area contributed by atoms with Crippen molar-refractivity contribution < 1.29 is 9.59 Å². The molecule has 2 atom stereocenters. The predicted octanol–water partition coefficient (Wildman–Crippen LogP) is 4.97. The molecule has 0 radical (unpaired) electrons. The molecule has 28 heavy (non-hydrogen) atoms. The Morgan fingerprint density at radius 3 is 2.43 bits per heavy atom. The number of amides is 2. The summed E-state index contributed by atoms with van der Waals surface area (Å²) < 4.78 is 0. The first-order valence-electron chi connectivity index (χ1n) is 11.0. The van der Waals surface area contributed by atoms with Crippen LogP contribution in [0.4, 0.5) is 11.4 Å². The molecule has 2 N–H and O–H groups in total. The molecule has 0 unspecified atom stereocenters. The van der Waals surface area contributed by atoms with E-state index in [0.29, 0.717) is 11.3 Å². The molecular weight excluding hydrogens is 350 g/mol. The van der Waals surface area contributed by atoms with Gasteiger partial charge in [0.2, 0.25) is 5.91 Å². The number of rotatable bonds is 10. The third-order valence-electron chi connectivity index (χ3n) is 5.72. The van der Waals surface area contributed by atoms with Gasteiger partial charge in [0, 0.05) is 36.4 Å². The Kier molecular flexibility index (Phi) is 8.81. The van der Waals surface area contributed by atoms with Crippen molar-refractivity contribution in [2.24, 2.45) is 5.92 Å². The van der Waals surface area contributed by atoms with Gasteiger partial charge >= 0.3 is 0 Å². The SMILES string of the molecule is CCCC[C@H](CC)C(=O)Nc1ccc(N2CCCC2)c(C(=O)N[C@@H](C)CC)c1. The third-order valence-corrected chi connectivity index (χ3v) is 5.72. The monoisotopic (exact) mass is 387 g/mol. The first-order valence-corrected chi connectivity index (χ1v) is 11.0. The Labute approximate surface area is 170 Å². The largest absolute Gasteiger partial charge is 0.371 e. The summed E-state index contributed by atoms with van der Waals surface area (Å²) in [5.74, 6) is 0.0131. The van der Waals surface area contributed by atoms with E-state index in [1.54, 1.807) is 0 Å². The van der Waals surface area contributed by atoms with Crippen LogP contribution in [0.2, 0.25) is 0 Å². The van der Waals surface area contributed by atoms with Crippen molar-refractivity contribution in [1.82, 2.24) is 5.32 Å². The summed E-state index contributed by atoms with van der Waals surface area (Å²) in [4.78, 5) is 27.9. The average Bonchev–Trinajstić information content (AvgIpc) is 3.23. The summed E-state index contributed by atoms with van der Waals surface area (Å²) in [5, 5.41) is 6.12. The first kappa shape index (κ1) is 22.3. The van der Waals surface area contributed by atoms with Crippen LogP contribution in [0, 0.1) is 5.92 Å². The molecule has 1 aliphatic heterocycles. The molecule has 1 saturated heterocycles. The molecule has 1 aromatic rings. The second-order valence-corrected chi connectivity index (χ2v) is 7.95. The maximum atomic E-state index is 12.9. The number of anilines is 2. The van der Waals surface area contributed by atoms with Gasteiger partial charge in [0.1, 0.15) is 0 Å². The summed E-state index contributed by atoms with van der Waals surface area (Å²) >= 11 is 0. The highest BCUT2D eigenvalue weighted by Gasteiger charge is 2.22. The van der Waals surface area contributed by atoms with Crippen molar-refractivity contribution >= 4 is 23.2 Å². The summed E-state index contributed by atoms with van der Waals surface area (Å²) in [6, 6.07) is 5.88. The molecule has 2 amide bonds. The Morgan fingerprint density at radius 1 is 1.11 bits per heavy atom. The van der Waals surface area contributed by atoms with E-state index in [-0.39, 0.29) is 23.8 Å². The van der Waals surface area contributed by atoms with E-state index in [2.05, 4.69) is 36.3 Å². The van der Waals surface area contributed by atoms with Crippen LogP contribution in [-0.4, -0.2) is 30.9 Å². The lowest BCUT2D eigenvalue weighted by Crippen LogP contribution is -2.33. The molecule has 1 aliphatic rings. The third kappa shape index (κ3) is 5.98. The van der Waals surface area contributed by atoms with Crippen LogP contribution in [0.1, 0.15) is 83.0 Å². The van der Waals surface area contributed by atoms with Crippen molar-refractivity contribution in [1.29, 1.82) is 0 Å². The average molecular weight is 388 g/mol. The van der Waals surface area contributed by atoms with Crippen LogP contribution in [0.5, 0.6) is 0 Å². The fourth-order valence-corrected chi connectivity index (χ4v) is 3.65. The van der Waals surface area contributed by atoms with Crippen LogP contribution in [-0.2, 0) is 4.79 Å². The molecule has 156 valence electrons. The number of unbranched alkanes of at least 4 members (excludes halogenated alkanes) is 1. The molecule has 5 nitrogen and oxygen atoms in total. The zero-order chi connectivity index (χ0) is 20.5. The number of benzene rings is 1. The van der Waals surface area contributed by atoms with E-state index < -0.39 is 0 Å². The van der Waals surface area contributed by atoms with E-state index in [4.69, 9.17) is 0 Å². The smallest absolute Gasteiger partial charge is 0.253 e. The van der Waals surface area contributed by atoms with Gasteiger partial charge in [0.25, 0.3) is 5.91 Å². The quantitative estimate of drug-likeness (QED) is 0.596. The molecule has 5 heteroatoms. The summed E-state index contributed by atoms with van der Waals surface area (Å²) in [6.45, 7) is 10.2. The van der Waals surface area contributed by atoms with Crippen LogP contribution < -0.4 is 15.5 Å². The number of hydrogen-bond donors (Lipinski definition) is 2. The highest BCUT2D eigenvalue weighted by Crippen LogP contribution is 2.28. The summed E-state index contributed by atoms with van der Waals surface area (Å²) in [5.41, 5.74) is 2.33. The minimum atomic E-state index is -0.0645. The number of nitrogens with zero attached hydrogens (tertiary/aromatic N) is 1. The lowest BCUT2D eigenvalue weighted by Gasteiger charge is -2.23. The molecule has 0 saturated carbocycles. The van der Waals surface area contributed by atoms with Gasteiger partial charge in [-0.1, -0.05) is 33.6 Å². The van der Waals surface area contributed by atoms with Gasteiger partial charge in [-0.25, -0.2) is 0 Å². The predicted molar refractivity (Wildman–Crippen MR) is 117 cm³/mol. The fraction of sp³-hybridized carbons (Fsp3) is 0.652. The van der Waals surface area contributed by atoms with Crippen molar-refractivity contribution in [2.75, 3.05) is 23.3 Å². The molecule has 0 aromatic heterocycles. The highest BCUT2D eigenvalue weighted by atomic mass is 16.2. The molecule has 1 heterocycles. The molecule has 1 aromatic carbocycles. The number of carbonyl (C=O) groups is 2. The molecular formula is C23H37N3O2. The van der Waals surface area contributed by atoms with Gasteiger partial charge in [-0.2, -0.15) is 0 Å². The molecule has 2 rings (SSSR count). The summed E-state index contributed by atoms with van der Waals surface area (Å²) in [6.07, 6.45) is 7.08. The van der Waals surface area contributed by atoms with Gasteiger partial charge in [0.15, 0.2) is 0 Å². The lowest BCUT2D eigenvalue weighted by atomic mass is 9.98. The van der Waals surface area contributed by atoms with Crippen molar-refractivity contribution in [3.8, 4) is 0 Å². The van der Waals surface area contributed by atoms with Gasteiger partial charge in [-0.3, -0.25) is 9.59 Å². The van der Waals surface area contributed by atoms with Gasteiger partial charge in [-0.05, 0) is 57.2 Å². The van der Waals surface area contributed by atoms with Gasteiger partial charge < -0.3 is 15.5 Å². The van der Waals surface area contributed by atoms with Gasteiger partial charge in [-0.15, -0.1) is 0 Å². The highest BCUT2D eigenvalue weighted by molar-refractivity contribution is 6.02. The van der Waals surface area contributed by atoms with Crippen LogP contribution in [0.25, 0.3) is 0 Å². The topological polar surface area (TPSA) is 61.4 Å². The van der Waals surface area contributed by atoms with Crippen LogP contribution in [0.3, 0.4) is 0 Å². The number of nitrogens with one attached hydrogen (secondary N) is 2. The maximum Gasteiger partial charge on any atom is 0.253 e. The minimum absolute atomic E-state index is 0.0237.